The van der Waals surface area contributed by atoms with Crippen molar-refractivity contribution in [2.45, 2.75) is 25.3 Å². The zero-order chi connectivity index (χ0) is 19.8. The molecule has 1 amide bonds. The lowest BCUT2D eigenvalue weighted by Gasteiger charge is -2.18. The summed E-state index contributed by atoms with van der Waals surface area (Å²) in [4.78, 5) is 24.0. The molecule has 0 radical (unpaired) electrons. The van der Waals surface area contributed by atoms with E-state index >= 15 is 0 Å². The van der Waals surface area contributed by atoms with Crippen LogP contribution < -0.4 is 10.1 Å². The predicted octanol–water partition coefficient (Wildman–Crippen LogP) is 3.84. The summed E-state index contributed by atoms with van der Waals surface area (Å²) in [6, 6.07) is 10.4. The molecule has 5 nitrogen and oxygen atoms in total. The number of carbonyl (C=O) groups excluding carboxylic acids is 2. The van der Waals surface area contributed by atoms with Crippen LogP contribution in [0.15, 0.2) is 42.5 Å². The summed E-state index contributed by atoms with van der Waals surface area (Å²) < 4.78 is 22.9. The normalized spacial score (nSPS) is 11.6. The van der Waals surface area contributed by atoms with Crippen LogP contribution in [0.25, 0.3) is 0 Å². The van der Waals surface area contributed by atoms with Gasteiger partial charge in [-0.15, -0.1) is 0 Å². The molecule has 0 fully saturated rings. The first-order chi connectivity index (χ1) is 12.9. The molecule has 0 bridgehead atoms. The van der Waals surface area contributed by atoms with Gasteiger partial charge in [0.1, 0.15) is 11.6 Å². The van der Waals surface area contributed by atoms with Gasteiger partial charge in [0.15, 0.2) is 0 Å². The number of methoxy groups -OCH3 is 2. The standard InChI is InChI=1S/C20H21ClFNO4/c1-26-18-9-3-13(11-16(18)21)4-10-19(24)23-17(12-20(25)27-2)14-5-7-15(22)8-6-14/h3,5-9,11,17H,4,10,12H2,1-2H3,(H,23,24). The lowest BCUT2D eigenvalue weighted by Crippen LogP contribution is -2.30. The zero-order valence-electron chi connectivity index (χ0n) is 15.1. The molecule has 2 aromatic carbocycles. The summed E-state index contributed by atoms with van der Waals surface area (Å²) in [5, 5.41) is 3.28. The SMILES string of the molecule is COC(=O)CC(NC(=O)CCc1ccc(OC)c(Cl)c1)c1ccc(F)cc1. The second-order valence-electron chi connectivity index (χ2n) is 5.92. The van der Waals surface area contributed by atoms with Crippen molar-refractivity contribution in [1.82, 2.24) is 5.32 Å². The molecule has 1 atom stereocenters. The Morgan fingerprint density at radius 2 is 1.85 bits per heavy atom. The molecule has 0 saturated heterocycles. The summed E-state index contributed by atoms with van der Waals surface area (Å²) in [6.07, 6.45) is 0.646. The quantitative estimate of drug-likeness (QED) is 0.692. The van der Waals surface area contributed by atoms with Gasteiger partial charge in [-0.2, -0.15) is 0 Å². The third-order valence-corrected chi connectivity index (χ3v) is 4.36. The summed E-state index contributed by atoms with van der Waals surface area (Å²) in [5.41, 5.74) is 1.52. The average molecular weight is 394 g/mol. The van der Waals surface area contributed by atoms with Crippen LogP contribution in [0.3, 0.4) is 0 Å². The Morgan fingerprint density at radius 3 is 2.44 bits per heavy atom. The third-order valence-electron chi connectivity index (χ3n) is 4.06. The fourth-order valence-electron chi connectivity index (χ4n) is 2.59. The fourth-order valence-corrected chi connectivity index (χ4v) is 2.87. The van der Waals surface area contributed by atoms with Crippen molar-refractivity contribution in [3.05, 3.63) is 64.4 Å². The molecule has 0 aromatic heterocycles. The van der Waals surface area contributed by atoms with Gasteiger partial charge in [0.05, 0.1) is 31.7 Å². The van der Waals surface area contributed by atoms with Crippen molar-refractivity contribution in [1.29, 1.82) is 0 Å². The van der Waals surface area contributed by atoms with Crippen LogP contribution in [0.5, 0.6) is 5.75 Å². The van der Waals surface area contributed by atoms with Crippen LogP contribution in [-0.4, -0.2) is 26.1 Å². The highest BCUT2D eigenvalue weighted by molar-refractivity contribution is 6.32. The Bertz CT molecular complexity index is 795. The Balaban J connectivity index is 2.01. The molecule has 0 aliphatic carbocycles. The molecular formula is C20H21ClFNO4. The van der Waals surface area contributed by atoms with Gasteiger partial charge < -0.3 is 14.8 Å². The summed E-state index contributed by atoms with van der Waals surface area (Å²) >= 11 is 6.09. The fraction of sp³-hybridized carbons (Fsp3) is 0.300. The van der Waals surface area contributed by atoms with Gasteiger partial charge in [-0.05, 0) is 41.8 Å². The largest absolute Gasteiger partial charge is 0.495 e. The first-order valence-electron chi connectivity index (χ1n) is 8.37. The molecular weight excluding hydrogens is 373 g/mol. The summed E-state index contributed by atoms with van der Waals surface area (Å²) in [7, 11) is 2.81. The number of nitrogens with one attached hydrogen (secondary N) is 1. The minimum Gasteiger partial charge on any atom is -0.495 e. The monoisotopic (exact) mass is 393 g/mol. The maximum absolute atomic E-state index is 13.1. The molecule has 2 rings (SSSR count). The number of halogens is 2. The smallest absolute Gasteiger partial charge is 0.307 e. The topological polar surface area (TPSA) is 64.6 Å². The Hall–Kier alpha value is -2.60. The number of carbonyl (C=O) groups is 2. The van der Waals surface area contributed by atoms with E-state index in [-0.39, 0.29) is 18.7 Å². The minimum absolute atomic E-state index is 0.0394. The molecule has 1 unspecified atom stereocenters. The maximum atomic E-state index is 13.1. The lowest BCUT2D eigenvalue weighted by molar-refractivity contribution is -0.141. The predicted molar refractivity (Wildman–Crippen MR) is 100 cm³/mol. The molecule has 27 heavy (non-hydrogen) atoms. The van der Waals surface area contributed by atoms with Gasteiger partial charge in [-0.1, -0.05) is 29.8 Å². The van der Waals surface area contributed by atoms with E-state index in [2.05, 4.69) is 10.1 Å². The van der Waals surface area contributed by atoms with Crippen LogP contribution in [0, 0.1) is 5.82 Å². The molecule has 1 N–H and O–H groups in total. The number of hydrogen-bond donors (Lipinski definition) is 1. The molecule has 0 heterocycles. The van der Waals surface area contributed by atoms with E-state index in [9.17, 15) is 14.0 Å². The highest BCUT2D eigenvalue weighted by Crippen LogP contribution is 2.25. The van der Waals surface area contributed by atoms with E-state index < -0.39 is 17.8 Å². The number of ether oxygens (including phenoxy) is 2. The molecule has 0 spiro atoms. The number of aryl methyl sites for hydroxylation is 1. The van der Waals surface area contributed by atoms with Crippen LogP contribution in [0.4, 0.5) is 4.39 Å². The Kier molecular flexibility index (Phi) is 7.61. The first-order valence-corrected chi connectivity index (χ1v) is 8.74. The maximum Gasteiger partial charge on any atom is 0.307 e. The van der Waals surface area contributed by atoms with Crippen LogP contribution in [0.1, 0.15) is 30.0 Å². The number of amides is 1. The van der Waals surface area contributed by atoms with E-state index in [0.29, 0.717) is 22.8 Å². The van der Waals surface area contributed by atoms with E-state index in [1.54, 1.807) is 12.1 Å². The van der Waals surface area contributed by atoms with Crippen molar-refractivity contribution >= 4 is 23.5 Å². The molecule has 0 aliphatic rings. The van der Waals surface area contributed by atoms with Gasteiger partial charge in [0, 0.05) is 6.42 Å². The van der Waals surface area contributed by atoms with Crippen molar-refractivity contribution in [2.24, 2.45) is 0 Å². The van der Waals surface area contributed by atoms with Gasteiger partial charge in [-0.25, -0.2) is 4.39 Å². The highest BCUT2D eigenvalue weighted by atomic mass is 35.5. The van der Waals surface area contributed by atoms with Crippen molar-refractivity contribution < 1.29 is 23.5 Å². The van der Waals surface area contributed by atoms with E-state index in [1.165, 1.54) is 38.5 Å². The van der Waals surface area contributed by atoms with Crippen molar-refractivity contribution in [2.75, 3.05) is 14.2 Å². The Morgan fingerprint density at radius 1 is 1.15 bits per heavy atom. The molecule has 2 aromatic rings. The van der Waals surface area contributed by atoms with Crippen molar-refractivity contribution in [3.63, 3.8) is 0 Å². The first kappa shape index (κ1) is 20.7. The van der Waals surface area contributed by atoms with Crippen LogP contribution in [0.2, 0.25) is 5.02 Å². The lowest BCUT2D eigenvalue weighted by atomic mass is 10.0. The molecule has 144 valence electrons. The number of rotatable bonds is 8. The second kappa shape index (κ2) is 9.92. The number of esters is 1. The third kappa shape index (κ3) is 6.25. The van der Waals surface area contributed by atoms with E-state index in [4.69, 9.17) is 16.3 Å². The second-order valence-corrected chi connectivity index (χ2v) is 6.33. The number of benzene rings is 2. The number of hydrogen-bond acceptors (Lipinski definition) is 4. The van der Waals surface area contributed by atoms with Gasteiger partial charge in [0.25, 0.3) is 0 Å². The summed E-state index contributed by atoms with van der Waals surface area (Å²) in [6.45, 7) is 0. The Labute approximate surface area is 162 Å². The molecule has 7 heteroatoms. The highest BCUT2D eigenvalue weighted by Gasteiger charge is 2.19. The molecule has 0 aliphatic heterocycles. The summed E-state index contributed by atoms with van der Waals surface area (Å²) in [5.74, 6) is -0.524. The van der Waals surface area contributed by atoms with E-state index in [1.807, 2.05) is 6.07 Å². The van der Waals surface area contributed by atoms with Crippen LogP contribution in [-0.2, 0) is 20.7 Å². The molecule has 0 saturated carbocycles. The van der Waals surface area contributed by atoms with E-state index in [0.717, 1.165) is 5.56 Å². The van der Waals surface area contributed by atoms with Gasteiger partial charge in [-0.3, -0.25) is 9.59 Å². The van der Waals surface area contributed by atoms with Crippen LogP contribution >= 0.6 is 11.6 Å². The van der Waals surface area contributed by atoms with Crippen molar-refractivity contribution in [3.8, 4) is 5.75 Å². The average Bonchev–Trinajstić information content (AvgIpc) is 2.66. The van der Waals surface area contributed by atoms with Gasteiger partial charge >= 0.3 is 5.97 Å². The minimum atomic E-state index is -0.593. The zero-order valence-corrected chi connectivity index (χ0v) is 15.9. The van der Waals surface area contributed by atoms with Gasteiger partial charge in [0.2, 0.25) is 5.91 Å².